The van der Waals surface area contributed by atoms with E-state index in [1.165, 1.54) is 0 Å². The van der Waals surface area contributed by atoms with E-state index in [4.69, 9.17) is 5.73 Å². The van der Waals surface area contributed by atoms with Gasteiger partial charge in [0.05, 0.1) is 0 Å². The smallest absolute Gasteiger partial charge is 0.160 e. The van der Waals surface area contributed by atoms with Gasteiger partial charge in [0, 0.05) is 17.8 Å². The van der Waals surface area contributed by atoms with Gasteiger partial charge in [-0.2, -0.15) is 0 Å². The van der Waals surface area contributed by atoms with Crippen molar-refractivity contribution in [3.8, 4) is 0 Å². The van der Waals surface area contributed by atoms with Gasteiger partial charge in [0.2, 0.25) is 0 Å². The second kappa shape index (κ2) is 3.70. The minimum absolute atomic E-state index is 0.0879. The van der Waals surface area contributed by atoms with Crippen molar-refractivity contribution in [2.24, 2.45) is 0 Å². The van der Waals surface area contributed by atoms with Crippen LogP contribution >= 0.6 is 0 Å². The normalized spacial score (nSPS) is 12.9. The maximum Gasteiger partial charge on any atom is 0.160 e. The number of halogens is 2. The number of nitrogen functional groups attached to an aromatic ring is 1. The molecule has 1 aromatic carbocycles. The van der Waals surface area contributed by atoms with Gasteiger partial charge in [-0.3, -0.25) is 0 Å². The molecule has 0 bridgehead atoms. The first-order valence-corrected chi connectivity index (χ1v) is 3.98. The summed E-state index contributed by atoms with van der Waals surface area (Å²) in [6.45, 7) is 1.82. The molecule has 13 heavy (non-hydrogen) atoms. The minimum atomic E-state index is -0.912. The van der Waals surface area contributed by atoms with Crippen molar-refractivity contribution in [2.45, 2.75) is 13.0 Å². The highest BCUT2D eigenvalue weighted by Crippen LogP contribution is 2.22. The fourth-order valence-corrected chi connectivity index (χ4v) is 1.11. The van der Waals surface area contributed by atoms with E-state index in [1.807, 2.05) is 6.92 Å². The molecule has 1 aromatic rings. The standard InChI is InChI=1S/C9H12F2N2/c1-5(13-2)6-3-7(10)8(11)4-9(6)12/h3-5,13H,12H2,1-2H3. The zero-order chi connectivity index (χ0) is 10.0. The first kappa shape index (κ1) is 9.92. The van der Waals surface area contributed by atoms with E-state index < -0.39 is 11.6 Å². The molecule has 4 heteroatoms. The summed E-state index contributed by atoms with van der Waals surface area (Å²) in [5.41, 5.74) is 6.36. The maximum absolute atomic E-state index is 12.8. The van der Waals surface area contributed by atoms with Crippen LogP contribution in [0.4, 0.5) is 14.5 Å². The first-order valence-electron chi connectivity index (χ1n) is 3.98. The Labute approximate surface area is 75.7 Å². The highest BCUT2D eigenvalue weighted by Gasteiger charge is 2.11. The van der Waals surface area contributed by atoms with Gasteiger partial charge in [-0.15, -0.1) is 0 Å². The fraction of sp³-hybridized carbons (Fsp3) is 0.333. The zero-order valence-electron chi connectivity index (χ0n) is 7.57. The van der Waals surface area contributed by atoms with E-state index in [0.29, 0.717) is 5.56 Å². The Kier molecular flexibility index (Phi) is 2.83. The van der Waals surface area contributed by atoms with Gasteiger partial charge in [-0.1, -0.05) is 0 Å². The molecular formula is C9H12F2N2. The largest absolute Gasteiger partial charge is 0.398 e. The SMILES string of the molecule is CNC(C)c1cc(F)c(F)cc1N. The number of nitrogens with one attached hydrogen (secondary N) is 1. The monoisotopic (exact) mass is 186 g/mol. The van der Waals surface area contributed by atoms with Gasteiger partial charge in [0.1, 0.15) is 0 Å². The Hall–Kier alpha value is -1.16. The lowest BCUT2D eigenvalue weighted by atomic mass is 10.1. The van der Waals surface area contributed by atoms with E-state index in [0.717, 1.165) is 12.1 Å². The fourth-order valence-electron chi connectivity index (χ4n) is 1.11. The molecule has 0 aliphatic rings. The molecule has 1 unspecified atom stereocenters. The quantitative estimate of drug-likeness (QED) is 0.691. The van der Waals surface area contributed by atoms with Gasteiger partial charge >= 0.3 is 0 Å². The molecule has 0 aromatic heterocycles. The average Bonchev–Trinajstić information content (AvgIpc) is 2.10. The van der Waals surface area contributed by atoms with Crippen LogP contribution in [0.25, 0.3) is 0 Å². The molecule has 2 nitrogen and oxygen atoms in total. The van der Waals surface area contributed by atoms with E-state index >= 15 is 0 Å². The molecule has 3 N–H and O–H groups in total. The molecule has 0 aliphatic carbocycles. The lowest BCUT2D eigenvalue weighted by Gasteiger charge is -2.13. The molecule has 0 heterocycles. The second-order valence-electron chi connectivity index (χ2n) is 2.91. The Morgan fingerprint density at radius 1 is 1.31 bits per heavy atom. The molecule has 1 rings (SSSR count). The molecule has 0 amide bonds. The van der Waals surface area contributed by atoms with Crippen LogP contribution in [0, 0.1) is 11.6 Å². The van der Waals surface area contributed by atoms with Gasteiger partial charge < -0.3 is 11.1 Å². The third-order valence-electron chi connectivity index (χ3n) is 2.03. The Morgan fingerprint density at radius 2 is 1.85 bits per heavy atom. The highest BCUT2D eigenvalue weighted by atomic mass is 19.2. The Balaban J connectivity index is 3.15. The maximum atomic E-state index is 12.8. The molecule has 72 valence electrons. The topological polar surface area (TPSA) is 38.0 Å². The van der Waals surface area contributed by atoms with Gasteiger partial charge in [0.25, 0.3) is 0 Å². The van der Waals surface area contributed by atoms with Gasteiger partial charge in [0.15, 0.2) is 11.6 Å². The van der Waals surface area contributed by atoms with E-state index in [-0.39, 0.29) is 11.7 Å². The summed E-state index contributed by atoms with van der Waals surface area (Å²) in [6.07, 6.45) is 0. The number of nitrogens with two attached hydrogens (primary N) is 1. The van der Waals surface area contributed by atoms with Crippen molar-refractivity contribution >= 4 is 5.69 Å². The number of hydrogen-bond acceptors (Lipinski definition) is 2. The van der Waals surface area contributed by atoms with E-state index in [1.54, 1.807) is 7.05 Å². The van der Waals surface area contributed by atoms with Crippen molar-refractivity contribution in [1.82, 2.24) is 5.32 Å². The third-order valence-corrected chi connectivity index (χ3v) is 2.03. The van der Waals surface area contributed by atoms with Crippen LogP contribution in [-0.2, 0) is 0 Å². The third kappa shape index (κ3) is 1.95. The minimum Gasteiger partial charge on any atom is -0.398 e. The molecular weight excluding hydrogens is 174 g/mol. The molecule has 0 saturated carbocycles. The zero-order valence-corrected chi connectivity index (χ0v) is 7.57. The van der Waals surface area contributed by atoms with Crippen LogP contribution in [0.1, 0.15) is 18.5 Å². The Morgan fingerprint density at radius 3 is 2.38 bits per heavy atom. The van der Waals surface area contributed by atoms with Crippen LogP contribution in [-0.4, -0.2) is 7.05 Å². The van der Waals surface area contributed by atoms with Crippen LogP contribution in [0.15, 0.2) is 12.1 Å². The predicted molar refractivity (Wildman–Crippen MR) is 48.2 cm³/mol. The van der Waals surface area contributed by atoms with Crippen molar-refractivity contribution in [1.29, 1.82) is 0 Å². The van der Waals surface area contributed by atoms with Crippen LogP contribution in [0.2, 0.25) is 0 Å². The average molecular weight is 186 g/mol. The van der Waals surface area contributed by atoms with Crippen molar-refractivity contribution < 1.29 is 8.78 Å². The highest BCUT2D eigenvalue weighted by molar-refractivity contribution is 5.48. The molecule has 0 radical (unpaired) electrons. The number of rotatable bonds is 2. The summed E-state index contributed by atoms with van der Waals surface area (Å²) in [6, 6.07) is 2.03. The summed E-state index contributed by atoms with van der Waals surface area (Å²) < 4.78 is 25.4. The Bertz CT molecular complexity index is 313. The van der Waals surface area contributed by atoms with Crippen LogP contribution in [0.5, 0.6) is 0 Å². The number of hydrogen-bond donors (Lipinski definition) is 2. The number of anilines is 1. The summed E-state index contributed by atoms with van der Waals surface area (Å²) in [5.74, 6) is -1.78. The lowest BCUT2D eigenvalue weighted by Crippen LogP contribution is -2.14. The second-order valence-corrected chi connectivity index (χ2v) is 2.91. The summed E-state index contributed by atoms with van der Waals surface area (Å²) in [7, 11) is 1.73. The van der Waals surface area contributed by atoms with Crippen LogP contribution in [0.3, 0.4) is 0 Å². The summed E-state index contributed by atoms with van der Waals surface area (Å²) in [4.78, 5) is 0. The van der Waals surface area contributed by atoms with Crippen molar-refractivity contribution in [2.75, 3.05) is 12.8 Å². The van der Waals surface area contributed by atoms with E-state index in [9.17, 15) is 8.78 Å². The molecule has 1 atom stereocenters. The van der Waals surface area contributed by atoms with Gasteiger partial charge in [-0.25, -0.2) is 8.78 Å². The van der Waals surface area contributed by atoms with Gasteiger partial charge in [-0.05, 0) is 25.6 Å². The number of benzene rings is 1. The molecule has 0 spiro atoms. The lowest BCUT2D eigenvalue weighted by molar-refractivity contribution is 0.504. The molecule has 0 saturated heterocycles. The summed E-state index contributed by atoms with van der Waals surface area (Å²) in [5, 5.41) is 2.90. The van der Waals surface area contributed by atoms with Crippen molar-refractivity contribution in [3.63, 3.8) is 0 Å². The van der Waals surface area contributed by atoms with Crippen LogP contribution < -0.4 is 11.1 Å². The van der Waals surface area contributed by atoms with Crippen molar-refractivity contribution in [3.05, 3.63) is 29.3 Å². The first-order chi connectivity index (χ1) is 6.06. The molecule has 0 aliphatic heterocycles. The van der Waals surface area contributed by atoms with E-state index in [2.05, 4.69) is 5.32 Å². The molecule has 0 fully saturated rings. The predicted octanol–water partition coefficient (Wildman–Crippen LogP) is 1.83. The summed E-state index contributed by atoms with van der Waals surface area (Å²) >= 11 is 0.